The Labute approximate surface area is 75.7 Å². The molecule has 2 nitrogen and oxygen atoms in total. The van der Waals surface area contributed by atoms with Gasteiger partial charge in [-0.25, -0.2) is 0 Å². The molecule has 0 amide bonds. The van der Waals surface area contributed by atoms with E-state index >= 15 is 0 Å². The number of nitrogens with one attached hydrogen (secondary N) is 1. The van der Waals surface area contributed by atoms with Crippen LogP contribution in [0.1, 0.15) is 20.3 Å². The minimum atomic E-state index is 0.832. The molecule has 0 spiro atoms. The van der Waals surface area contributed by atoms with Gasteiger partial charge in [0.05, 0.1) is 6.61 Å². The third-order valence-electron chi connectivity index (χ3n) is 2.72. The van der Waals surface area contributed by atoms with Gasteiger partial charge < -0.3 is 10.1 Å². The summed E-state index contributed by atoms with van der Waals surface area (Å²) in [7, 11) is 1.75. The summed E-state index contributed by atoms with van der Waals surface area (Å²) in [6.45, 7) is 7.66. The topological polar surface area (TPSA) is 21.3 Å². The highest BCUT2D eigenvalue weighted by atomic mass is 16.5. The Morgan fingerprint density at radius 1 is 1.50 bits per heavy atom. The lowest BCUT2D eigenvalue weighted by Crippen LogP contribution is -2.22. The highest BCUT2D eigenvalue weighted by Crippen LogP contribution is 2.43. The SMILES string of the molecule is COCCNCC1CC1C(C)C. The summed E-state index contributed by atoms with van der Waals surface area (Å²) in [5.41, 5.74) is 0. The van der Waals surface area contributed by atoms with E-state index in [9.17, 15) is 0 Å². The van der Waals surface area contributed by atoms with Crippen LogP contribution in [-0.4, -0.2) is 26.8 Å². The quantitative estimate of drug-likeness (QED) is 0.612. The molecule has 1 aliphatic carbocycles. The van der Waals surface area contributed by atoms with Gasteiger partial charge in [0, 0.05) is 13.7 Å². The van der Waals surface area contributed by atoms with E-state index in [1.165, 1.54) is 13.0 Å². The van der Waals surface area contributed by atoms with Gasteiger partial charge in [-0.1, -0.05) is 13.8 Å². The van der Waals surface area contributed by atoms with Gasteiger partial charge in [0.1, 0.15) is 0 Å². The summed E-state index contributed by atoms with van der Waals surface area (Å²) >= 11 is 0. The molecule has 1 N–H and O–H groups in total. The average molecular weight is 171 g/mol. The van der Waals surface area contributed by atoms with Crippen molar-refractivity contribution in [2.24, 2.45) is 17.8 Å². The molecule has 1 saturated carbocycles. The van der Waals surface area contributed by atoms with Gasteiger partial charge in [-0.05, 0) is 30.7 Å². The zero-order valence-corrected chi connectivity index (χ0v) is 8.47. The smallest absolute Gasteiger partial charge is 0.0587 e. The van der Waals surface area contributed by atoms with Crippen LogP contribution in [0, 0.1) is 17.8 Å². The number of ether oxygens (including phenoxy) is 1. The third-order valence-corrected chi connectivity index (χ3v) is 2.72. The van der Waals surface area contributed by atoms with Crippen LogP contribution in [0.2, 0.25) is 0 Å². The standard InChI is InChI=1S/C10H21NO/c1-8(2)10-6-9(10)7-11-4-5-12-3/h8-11H,4-7H2,1-3H3. The molecule has 0 aromatic carbocycles. The molecule has 0 radical (unpaired) electrons. The fourth-order valence-corrected chi connectivity index (χ4v) is 1.78. The third kappa shape index (κ3) is 3.11. The van der Waals surface area contributed by atoms with Crippen molar-refractivity contribution >= 4 is 0 Å². The van der Waals surface area contributed by atoms with Crippen LogP contribution in [0.4, 0.5) is 0 Å². The molecule has 2 atom stereocenters. The Hall–Kier alpha value is -0.0800. The molecule has 12 heavy (non-hydrogen) atoms. The van der Waals surface area contributed by atoms with Crippen LogP contribution < -0.4 is 5.32 Å². The van der Waals surface area contributed by atoms with Crippen molar-refractivity contribution in [1.29, 1.82) is 0 Å². The van der Waals surface area contributed by atoms with E-state index in [4.69, 9.17) is 4.74 Å². The van der Waals surface area contributed by atoms with Crippen molar-refractivity contribution < 1.29 is 4.74 Å². The second kappa shape index (κ2) is 4.83. The Morgan fingerprint density at radius 3 is 2.75 bits per heavy atom. The molecule has 1 aliphatic rings. The predicted octanol–water partition coefficient (Wildman–Crippen LogP) is 1.51. The van der Waals surface area contributed by atoms with Gasteiger partial charge in [0.15, 0.2) is 0 Å². The molecule has 0 saturated heterocycles. The molecule has 1 rings (SSSR count). The normalized spacial score (nSPS) is 28.0. The van der Waals surface area contributed by atoms with Crippen molar-refractivity contribution in [3.63, 3.8) is 0 Å². The summed E-state index contributed by atoms with van der Waals surface area (Å²) in [6.07, 6.45) is 1.43. The molecule has 0 aliphatic heterocycles. The lowest BCUT2D eigenvalue weighted by molar-refractivity contribution is 0.199. The maximum Gasteiger partial charge on any atom is 0.0587 e. The van der Waals surface area contributed by atoms with Crippen molar-refractivity contribution in [2.75, 3.05) is 26.8 Å². The molecule has 0 heterocycles. The van der Waals surface area contributed by atoms with Crippen molar-refractivity contribution in [2.45, 2.75) is 20.3 Å². The maximum atomic E-state index is 4.96. The van der Waals surface area contributed by atoms with Crippen LogP contribution >= 0.6 is 0 Å². The van der Waals surface area contributed by atoms with Crippen LogP contribution in [0.15, 0.2) is 0 Å². The Morgan fingerprint density at radius 2 is 2.25 bits per heavy atom. The van der Waals surface area contributed by atoms with E-state index in [-0.39, 0.29) is 0 Å². The largest absolute Gasteiger partial charge is 0.383 e. The molecule has 0 bridgehead atoms. The molecular formula is C10H21NO. The highest BCUT2D eigenvalue weighted by Gasteiger charge is 2.38. The molecule has 0 aromatic heterocycles. The second-order valence-corrected chi connectivity index (χ2v) is 4.10. The number of rotatable bonds is 6. The summed E-state index contributed by atoms with van der Waals surface area (Å²) in [4.78, 5) is 0. The van der Waals surface area contributed by atoms with E-state index in [1.54, 1.807) is 7.11 Å². The summed E-state index contributed by atoms with van der Waals surface area (Å²) < 4.78 is 4.96. The first kappa shape index (κ1) is 10.0. The van der Waals surface area contributed by atoms with Crippen LogP contribution in [0.25, 0.3) is 0 Å². The lowest BCUT2D eigenvalue weighted by atomic mass is 10.1. The van der Waals surface area contributed by atoms with Crippen molar-refractivity contribution in [3.05, 3.63) is 0 Å². The molecule has 0 aromatic rings. The first-order valence-corrected chi connectivity index (χ1v) is 4.95. The Bertz CT molecular complexity index is 125. The summed E-state index contributed by atoms with van der Waals surface area (Å²) in [5.74, 6) is 2.81. The van der Waals surface area contributed by atoms with E-state index in [1.807, 2.05) is 0 Å². The van der Waals surface area contributed by atoms with Crippen LogP contribution in [0.3, 0.4) is 0 Å². The first-order chi connectivity index (χ1) is 5.75. The average Bonchev–Trinajstić information content (AvgIpc) is 2.77. The molecule has 2 heteroatoms. The number of methoxy groups -OCH3 is 1. The van der Waals surface area contributed by atoms with Crippen LogP contribution in [0.5, 0.6) is 0 Å². The summed E-state index contributed by atoms with van der Waals surface area (Å²) in [5, 5.41) is 3.41. The van der Waals surface area contributed by atoms with Crippen LogP contribution in [-0.2, 0) is 4.74 Å². The number of hydrogen-bond donors (Lipinski definition) is 1. The predicted molar refractivity (Wildman–Crippen MR) is 51.2 cm³/mol. The van der Waals surface area contributed by atoms with E-state index in [2.05, 4.69) is 19.2 Å². The molecule has 72 valence electrons. The van der Waals surface area contributed by atoms with Gasteiger partial charge in [-0.15, -0.1) is 0 Å². The number of hydrogen-bond acceptors (Lipinski definition) is 2. The highest BCUT2D eigenvalue weighted by molar-refractivity contribution is 4.89. The lowest BCUT2D eigenvalue weighted by Gasteiger charge is -2.04. The van der Waals surface area contributed by atoms with Gasteiger partial charge >= 0.3 is 0 Å². The van der Waals surface area contributed by atoms with Crippen molar-refractivity contribution in [1.82, 2.24) is 5.32 Å². The van der Waals surface area contributed by atoms with E-state index in [0.717, 1.165) is 30.9 Å². The Balaban J connectivity index is 1.90. The minimum Gasteiger partial charge on any atom is -0.383 e. The fourth-order valence-electron chi connectivity index (χ4n) is 1.78. The first-order valence-electron chi connectivity index (χ1n) is 4.95. The maximum absolute atomic E-state index is 4.96. The summed E-state index contributed by atoms with van der Waals surface area (Å²) in [6, 6.07) is 0. The van der Waals surface area contributed by atoms with E-state index < -0.39 is 0 Å². The van der Waals surface area contributed by atoms with E-state index in [0.29, 0.717) is 0 Å². The Kier molecular flexibility index (Phi) is 4.02. The zero-order valence-electron chi connectivity index (χ0n) is 8.47. The fraction of sp³-hybridized carbons (Fsp3) is 1.00. The monoisotopic (exact) mass is 171 g/mol. The van der Waals surface area contributed by atoms with Gasteiger partial charge in [0.25, 0.3) is 0 Å². The minimum absolute atomic E-state index is 0.832. The second-order valence-electron chi connectivity index (χ2n) is 4.10. The molecular weight excluding hydrogens is 150 g/mol. The van der Waals surface area contributed by atoms with Gasteiger partial charge in [-0.2, -0.15) is 0 Å². The zero-order chi connectivity index (χ0) is 8.97. The van der Waals surface area contributed by atoms with Crippen molar-refractivity contribution in [3.8, 4) is 0 Å². The molecule has 1 fully saturated rings. The molecule has 2 unspecified atom stereocenters. The van der Waals surface area contributed by atoms with Gasteiger partial charge in [0.2, 0.25) is 0 Å². The van der Waals surface area contributed by atoms with Gasteiger partial charge in [-0.3, -0.25) is 0 Å².